The highest BCUT2D eigenvalue weighted by molar-refractivity contribution is 6.02. The maximum absolute atomic E-state index is 12.0. The fraction of sp³-hybridized carbons (Fsp3) is 0.462. The van der Waals surface area contributed by atoms with Gasteiger partial charge in [0, 0.05) is 13.1 Å². The van der Waals surface area contributed by atoms with E-state index in [2.05, 4.69) is 35.4 Å². The van der Waals surface area contributed by atoms with Crippen molar-refractivity contribution >= 4 is 17.5 Å². The number of hydrogen-bond donors (Lipinski definition) is 1. The second-order valence-corrected chi connectivity index (χ2v) is 4.98. The minimum absolute atomic E-state index is 0.234. The summed E-state index contributed by atoms with van der Waals surface area (Å²) < 4.78 is 4.52. The Bertz CT molecular complexity index is 618. The van der Waals surface area contributed by atoms with Crippen molar-refractivity contribution in [3.05, 3.63) is 23.5 Å². The number of anilines is 2. The number of nitrogens with zero attached hydrogens (tertiary/aromatic N) is 5. The summed E-state index contributed by atoms with van der Waals surface area (Å²) in [6, 6.07) is 3.48. The number of hydrogen-bond acceptors (Lipinski definition) is 7. The predicted molar refractivity (Wildman–Crippen MR) is 75.1 cm³/mol. The molecule has 110 valence electrons. The van der Waals surface area contributed by atoms with Crippen LogP contribution in [-0.2, 0) is 0 Å². The van der Waals surface area contributed by atoms with Gasteiger partial charge in [-0.3, -0.25) is 4.79 Å². The molecule has 1 amide bonds. The van der Waals surface area contributed by atoms with Crippen LogP contribution in [0.4, 0.5) is 11.6 Å². The Kier molecular flexibility index (Phi) is 3.76. The van der Waals surface area contributed by atoms with Crippen LogP contribution in [0.3, 0.4) is 0 Å². The van der Waals surface area contributed by atoms with Gasteiger partial charge in [-0.05, 0) is 43.5 Å². The molecular formula is C13H16N6O2. The molecule has 2 aromatic heterocycles. The summed E-state index contributed by atoms with van der Waals surface area (Å²) in [5, 5.41) is 17.9. The first kappa shape index (κ1) is 13.5. The van der Waals surface area contributed by atoms with Crippen LogP contribution in [0.15, 0.2) is 16.8 Å². The summed E-state index contributed by atoms with van der Waals surface area (Å²) in [5.74, 6) is 0.721. The van der Waals surface area contributed by atoms with Crippen molar-refractivity contribution in [2.45, 2.75) is 26.2 Å². The molecule has 0 unspecified atom stereocenters. The van der Waals surface area contributed by atoms with Crippen LogP contribution in [0.2, 0.25) is 0 Å². The lowest BCUT2D eigenvalue weighted by atomic mass is 10.1. The van der Waals surface area contributed by atoms with E-state index in [1.807, 2.05) is 6.07 Å². The van der Waals surface area contributed by atoms with Gasteiger partial charge in [-0.2, -0.15) is 0 Å². The van der Waals surface area contributed by atoms with E-state index in [-0.39, 0.29) is 11.6 Å². The molecule has 0 bridgehead atoms. The highest BCUT2D eigenvalue weighted by atomic mass is 16.6. The second kappa shape index (κ2) is 5.86. The normalized spacial score (nSPS) is 15.0. The molecule has 21 heavy (non-hydrogen) atoms. The average molecular weight is 288 g/mol. The Morgan fingerprint density at radius 3 is 2.62 bits per heavy atom. The van der Waals surface area contributed by atoms with Crippen LogP contribution in [0, 0.1) is 6.92 Å². The number of carbonyl (C=O) groups is 1. The van der Waals surface area contributed by atoms with Crippen molar-refractivity contribution in [1.29, 1.82) is 0 Å². The summed E-state index contributed by atoms with van der Waals surface area (Å²) in [6.07, 6.45) is 3.60. The third-order valence-corrected chi connectivity index (χ3v) is 3.45. The summed E-state index contributed by atoms with van der Waals surface area (Å²) in [5.41, 5.74) is 0.749. The fourth-order valence-corrected chi connectivity index (χ4v) is 2.25. The Balaban J connectivity index is 1.68. The van der Waals surface area contributed by atoms with E-state index in [1.54, 1.807) is 13.0 Å². The van der Waals surface area contributed by atoms with Crippen LogP contribution in [-0.4, -0.2) is 39.5 Å². The standard InChI is InChI=1S/C13H16N6O2/c1-9-12(18-21-17-9)14-13(20)10-5-6-11(16-15-10)19-7-3-2-4-8-19/h5-6H,2-4,7-8H2,1H3,(H,14,18,20). The van der Waals surface area contributed by atoms with Gasteiger partial charge in [0.05, 0.1) is 0 Å². The van der Waals surface area contributed by atoms with Crippen LogP contribution in [0.5, 0.6) is 0 Å². The van der Waals surface area contributed by atoms with Crippen molar-refractivity contribution in [1.82, 2.24) is 20.5 Å². The zero-order valence-electron chi connectivity index (χ0n) is 11.7. The molecule has 0 radical (unpaired) electrons. The first-order chi connectivity index (χ1) is 10.2. The molecule has 1 N–H and O–H groups in total. The van der Waals surface area contributed by atoms with E-state index in [0.29, 0.717) is 11.5 Å². The number of aryl methyl sites for hydroxylation is 1. The van der Waals surface area contributed by atoms with Crippen LogP contribution >= 0.6 is 0 Å². The second-order valence-electron chi connectivity index (χ2n) is 4.98. The molecule has 0 aromatic carbocycles. The van der Waals surface area contributed by atoms with Gasteiger partial charge >= 0.3 is 0 Å². The van der Waals surface area contributed by atoms with Gasteiger partial charge < -0.3 is 10.2 Å². The smallest absolute Gasteiger partial charge is 0.277 e. The zero-order chi connectivity index (χ0) is 14.7. The fourth-order valence-electron chi connectivity index (χ4n) is 2.25. The highest BCUT2D eigenvalue weighted by Crippen LogP contribution is 2.17. The van der Waals surface area contributed by atoms with E-state index >= 15 is 0 Å². The molecule has 1 saturated heterocycles. The summed E-state index contributed by atoms with van der Waals surface area (Å²) in [6.45, 7) is 3.67. The molecule has 0 saturated carbocycles. The van der Waals surface area contributed by atoms with Gasteiger partial charge in [0.15, 0.2) is 11.5 Å². The minimum atomic E-state index is -0.383. The van der Waals surface area contributed by atoms with Crippen LogP contribution in [0.1, 0.15) is 35.4 Å². The topological polar surface area (TPSA) is 97.0 Å². The predicted octanol–water partition coefficient (Wildman–Crippen LogP) is 1.41. The molecular weight excluding hydrogens is 272 g/mol. The van der Waals surface area contributed by atoms with Gasteiger partial charge in [-0.1, -0.05) is 5.16 Å². The molecule has 8 heteroatoms. The Morgan fingerprint density at radius 1 is 1.19 bits per heavy atom. The number of nitrogens with one attached hydrogen (secondary N) is 1. The molecule has 3 heterocycles. The van der Waals surface area contributed by atoms with E-state index in [0.717, 1.165) is 18.9 Å². The first-order valence-corrected chi connectivity index (χ1v) is 6.93. The minimum Gasteiger partial charge on any atom is -0.355 e. The number of amides is 1. The number of aromatic nitrogens is 4. The summed E-state index contributed by atoms with van der Waals surface area (Å²) >= 11 is 0. The maximum Gasteiger partial charge on any atom is 0.277 e. The van der Waals surface area contributed by atoms with Gasteiger partial charge in [0.25, 0.3) is 5.91 Å². The number of carbonyl (C=O) groups excluding carboxylic acids is 1. The highest BCUT2D eigenvalue weighted by Gasteiger charge is 2.16. The van der Waals surface area contributed by atoms with Crippen LogP contribution < -0.4 is 10.2 Å². The van der Waals surface area contributed by atoms with Crippen LogP contribution in [0.25, 0.3) is 0 Å². The number of piperidine rings is 1. The number of rotatable bonds is 3. The zero-order valence-corrected chi connectivity index (χ0v) is 11.7. The molecule has 8 nitrogen and oxygen atoms in total. The molecule has 0 atom stereocenters. The lowest BCUT2D eigenvalue weighted by Gasteiger charge is -2.27. The largest absolute Gasteiger partial charge is 0.355 e. The van der Waals surface area contributed by atoms with Crippen molar-refractivity contribution < 1.29 is 9.42 Å². The third-order valence-electron chi connectivity index (χ3n) is 3.45. The Morgan fingerprint density at radius 2 is 2.00 bits per heavy atom. The molecule has 3 rings (SSSR count). The average Bonchev–Trinajstić information content (AvgIpc) is 2.93. The van der Waals surface area contributed by atoms with Gasteiger partial charge in [-0.15, -0.1) is 10.2 Å². The SMILES string of the molecule is Cc1nonc1NC(=O)c1ccc(N2CCCCC2)nn1. The van der Waals surface area contributed by atoms with Crippen molar-refractivity contribution in [2.24, 2.45) is 0 Å². The van der Waals surface area contributed by atoms with Crippen molar-refractivity contribution in [3.8, 4) is 0 Å². The van der Waals surface area contributed by atoms with E-state index < -0.39 is 0 Å². The third kappa shape index (κ3) is 2.99. The lowest BCUT2D eigenvalue weighted by Crippen LogP contribution is -2.30. The maximum atomic E-state index is 12.0. The van der Waals surface area contributed by atoms with E-state index in [9.17, 15) is 4.79 Å². The van der Waals surface area contributed by atoms with Gasteiger partial charge in [0.1, 0.15) is 5.69 Å². The lowest BCUT2D eigenvalue weighted by molar-refractivity contribution is 0.102. The Hall–Kier alpha value is -2.51. The molecule has 0 aliphatic carbocycles. The van der Waals surface area contributed by atoms with Crippen molar-refractivity contribution in [2.75, 3.05) is 23.3 Å². The van der Waals surface area contributed by atoms with E-state index in [1.165, 1.54) is 19.3 Å². The monoisotopic (exact) mass is 288 g/mol. The molecule has 0 spiro atoms. The van der Waals surface area contributed by atoms with Crippen molar-refractivity contribution in [3.63, 3.8) is 0 Å². The molecule has 1 aliphatic heterocycles. The summed E-state index contributed by atoms with van der Waals surface area (Å²) in [4.78, 5) is 14.2. The first-order valence-electron chi connectivity index (χ1n) is 6.93. The quantitative estimate of drug-likeness (QED) is 0.911. The molecule has 1 aliphatic rings. The molecule has 1 fully saturated rings. The van der Waals surface area contributed by atoms with E-state index in [4.69, 9.17) is 0 Å². The van der Waals surface area contributed by atoms with Gasteiger partial charge in [0.2, 0.25) is 5.82 Å². The summed E-state index contributed by atoms with van der Waals surface area (Å²) in [7, 11) is 0. The Labute approximate surface area is 121 Å². The van der Waals surface area contributed by atoms with Gasteiger partial charge in [-0.25, -0.2) is 4.63 Å². The molecule has 2 aromatic rings.